The minimum Gasteiger partial charge on any atom is -0.340 e. The lowest BCUT2D eigenvalue weighted by molar-refractivity contribution is -0.152. The molecule has 3 aromatic rings. The summed E-state index contributed by atoms with van der Waals surface area (Å²) in [5.41, 5.74) is -5.74. The summed E-state index contributed by atoms with van der Waals surface area (Å²) in [4.78, 5) is 81.0. The topological polar surface area (TPSA) is 184 Å². The van der Waals surface area contributed by atoms with Crippen LogP contribution in [0.5, 0.6) is 0 Å². The van der Waals surface area contributed by atoms with Crippen molar-refractivity contribution in [2.75, 3.05) is 26.2 Å². The molecule has 2 aromatic heterocycles. The third-order valence-corrected chi connectivity index (χ3v) is 11.4. The number of thiophene rings is 1. The number of fused-ring (bicyclic) bond motifs is 2. The first-order chi connectivity index (χ1) is 22.6. The lowest BCUT2D eigenvalue weighted by Crippen LogP contribution is -2.66. The minimum absolute atomic E-state index is 0.0411. The molecule has 1 unspecified atom stereocenters. The van der Waals surface area contributed by atoms with E-state index in [-0.39, 0.29) is 54.3 Å². The van der Waals surface area contributed by atoms with E-state index >= 15 is 0 Å². The molecule has 13 nitrogen and oxygen atoms in total. The number of carbonyl (C=O) groups is 4. The van der Waals surface area contributed by atoms with E-state index in [1.165, 1.54) is 33.8 Å². The Kier molecular flexibility index (Phi) is 8.61. The lowest BCUT2D eigenvalue weighted by Gasteiger charge is -2.47. The van der Waals surface area contributed by atoms with E-state index in [9.17, 15) is 37.8 Å². The average molecular weight is 701 g/mol. The number of carbonyl (C=O) groups excluding carboxylic acids is 4. The van der Waals surface area contributed by atoms with Gasteiger partial charge in [0.2, 0.25) is 17.7 Å². The predicted molar refractivity (Wildman–Crippen MR) is 168 cm³/mol. The highest BCUT2D eigenvalue weighted by atomic mass is 32.1. The molecule has 0 spiro atoms. The summed E-state index contributed by atoms with van der Waals surface area (Å²) < 4.78 is 40.4. The van der Waals surface area contributed by atoms with E-state index in [4.69, 9.17) is 9.79 Å². The Morgan fingerprint density at radius 2 is 1.88 bits per heavy atom. The zero-order valence-electron chi connectivity index (χ0n) is 25.6. The molecule has 5 heterocycles. The number of pyridine rings is 1. The van der Waals surface area contributed by atoms with E-state index in [2.05, 4.69) is 16.4 Å². The molecule has 17 heteroatoms. The van der Waals surface area contributed by atoms with Crippen molar-refractivity contribution in [1.82, 2.24) is 25.0 Å². The van der Waals surface area contributed by atoms with Crippen molar-refractivity contribution in [3.63, 3.8) is 0 Å². The maximum atomic E-state index is 14.3. The molecule has 252 valence electrons. The van der Waals surface area contributed by atoms with Crippen LogP contribution in [0.2, 0.25) is 0 Å². The first-order valence-corrected chi connectivity index (χ1v) is 17.6. The highest BCUT2D eigenvalue weighted by molar-refractivity contribution is 7.52. The Bertz CT molecular complexity index is 1890. The highest BCUT2D eigenvalue weighted by Crippen LogP contribution is 2.59. The molecule has 48 heavy (non-hydrogen) atoms. The van der Waals surface area contributed by atoms with Crippen LogP contribution < -0.4 is 5.32 Å². The van der Waals surface area contributed by atoms with Crippen LogP contribution in [0.3, 0.4) is 0 Å². The molecule has 3 atom stereocenters. The largest absolute Gasteiger partial charge is 0.399 e. The number of benzene rings is 1. The molecule has 3 aliphatic heterocycles. The van der Waals surface area contributed by atoms with Crippen LogP contribution >= 0.6 is 18.9 Å². The molecule has 0 radical (unpaired) electrons. The van der Waals surface area contributed by atoms with Crippen molar-refractivity contribution < 1.29 is 42.3 Å². The summed E-state index contributed by atoms with van der Waals surface area (Å²) in [5.74, 6) is -1.88. The SMILES string of the molecule is CC(=O)N1CC[C@H]2CC[C@@H](C(=O)N3CC(C#N)(c4ccccn4)C3)N2C(=O)C(NC(=O)c2cc3cc(C(F)(F)P(=O)(O)O)ccc3s2)C1. The number of likely N-dealkylation sites (tertiary alicyclic amines) is 1. The summed E-state index contributed by atoms with van der Waals surface area (Å²) in [5, 5.41) is 12.8. The molecule has 1 aromatic carbocycles. The maximum absolute atomic E-state index is 14.3. The number of nitrogens with one attached hydrogen (secondary N) is 1. The van der Waals surface area contributed by atoms with Crippen molar-refractivity contribution in [2.24, 2.45) is 0 Å². The number of hydrogen-bond donors (Lipinski definition) is 3. The normalized spacial score (nSPS) is 22.7. The fraction of sp³-hybridized carbons (Fsp3) is 0.419. The Balaban J connectivity index is 1.23. The smallest absolute Gasteiger partial charge is 0.340 e. The molecular formula is C31H31F2N6O7PS. The molecule has 3 saturated heterocycles. The molecular weight excluding hydrogens is 669 g/mol. The summed E-state index contributed by atoms with van der Waals surface area (Å²) in [6, 6.07) is 9.37. The van der Waals surface area contributed by atoms with E-state index in [1.807, 2.05) is 0 Å². The van der Waals surface area contributed by atoms with Gasteiger partial charge in [0.1, 0.15) is 17.5 Å². The summed E-state index contributed by atoms with van der Waals surface area (Å²) >= 11 is 0.929. The van der Waals surface area contributed by atoms with Crippen LogP contribution in [0.1, 0.15) is 47.1 Å². The molecule has 6 rings (SSSR count). The second-order valence-electron chi connectivity index (χ2n) is 12.3. The van der Waals surface area contributed by atoms with E-state index in [0.29, 0.717) is 29.7 Å². The highest BCUT2D eigenvalue weighted by Gasteiger charge is 2.53. The number of nitrogens with zero attached hydrogens (tertiary/aromatic N) is 5. The first kappa shape index (κ1) is 33.6. The van der Waals surface area contributed by atoms with Crippen molar-refractivity contribution in [2.45, 2.75) is 55.4 Å². The Labute approximate surface area is 277 Å². The third-order valence-electron chi connectivity index (χ3n) is 9.28. The predicted octanol–water partition coefficient (Wildman–Crippen LogP) is 2.54. The zero-order chi connectivity index (χ0) is 34.6. The zero-order valence-corrected chi connectivity index (χ0v) is 27.3. The van der Waals surface area contributed by atoms with Gasteiger partial charge in [-0.2, -0.15) is 14.0 Å². The molecule has 3 N–H and O–H groups in total. The molecule has 0 saturated carbocycles. The number of aromatic nitrogens is 1. The van der Waals surface area contributed by atoms with Gasteiger partial charge >= 0.3 is 13.3 Å². The van der Waals surface area contributed by atoms with Crippen LogP contribution in [-0.2, 0) is 30.0 Å². The molecule has 3 aliphatic rings. The van der Waals surface area contributed by atoms with Crippen molar-refractivity contribution in [1.29, 1.82) is 5.26 Å². The van der Waals surface area contributed by atoms with Gasteiger partial charge < -0.3 is 29.8 Å². The number of nitriles is 1. The van der Waals surface area contributed by atoms with E-state index in [0.717, 1.165) is 23.5 Å². The molecule has 3 fully saturated rings. The van der Waals surface area contributed by atoms with Gasteiger partial charge in [0, 0.05) is 55.6 Å². The van der Waals surface area contributed by atoms with Crippen LogP contribution in [0.4, 0.5) is 8.78 Å². The van der Waals surface area contributed by atoms with Gasteiger partial charge in [-0.15, -0.1) is 11.3 Å². The van der Waals surface area contributed by atoms with Crippen LogP contribution in [0.15, 0.2) is 48.7 Å². The van der Waals surface area contributed by atoms with Gasteiger partial charge in [0.05, 0.1) is 16.6 Å². The number of amides is 4. The molecule has 4 amide bonds. The molecule has 0 aliphatic carbocycles. The van der Waals surface area contributed by atoms with Crippen molar-refractivity contribution in [3.8, 4) is 6.07 Å². The van der Waals surface area contributed by atoms with Crippen molar-refractivity contribution in [3.05, 3.63) is 64.8 Å². The summed E-state index contributed by atoms with van der Waals surface area (Å²) in [7, 11) is -5.81. The van der Waals surface area contributed by atoms with Gasteiger partial charge in [-0.05, 0) is 55.0 Å². The number of halogens is 2. The van der Waals surface area contributed by atoms with Crippen LogP contribution in [-0.4, -0.2) is 97.4 Å². The monoisotopic (exact) mass is 700 g/mol. The van der Waals surface area contributed by atoms with Gasteiger partial charge in [0.25, 0.3) is 5.91 Å². The fourth-order valence-corrected chi connectivity index (χ4v) is 8.08. The van der Waals surface area contributed by atoms with Gasteiger partial charge in [0.15, 0.2) is 0 Å². The van der Waals surface area contributed by atoms with Gasteiger partial charge in [-0.1, -0.05) is 12.1 Å². The average Bonchev–Trinajstić information content (AvgIpc) is 3.65. The van der Waals surface area contributed by atoms with Crippen molar-refractivity contribution >= 4 is 52.6 Å². The maximum Gasteiger partial charge on any atom is 0.399 e. The quantitative estimate of drug-likeness (QED) is 0.325. The van der Waals surface area contributed by atoms with E-state index < -0.39 is 48.1 Å². The Morgan fingerprint density at radius 1 is 1.12 bits per heavy atom. The third kappa shape index (κ3) is 5.85. The minimum atomic E-state index is -5.81. The number of rotatable bonds is 6. The lowest BCUT2D eigenvalue weighted by atomic mass is 9.77. The number of alkyl halides is 2. The van der Waals surface area contributed by atoms with Crippen LogP contribution in [0, 0.1) is 11.3 Å². The second-order valence-corrected chi connectivity index (χ2v) is 15.1. The Hall–Kier alpha value is -4.29. The first-order valence-electron chi connectivity index (χ1n) is 15.1. The Morgan fingerprint density at radius 3 is 2.52 bits per heavy atom. The van der Waals surface area contributed by atoms with Gasteiger partial charge in [-0.3, -0.25) is 28.7 Å². The summed E-state index contributed by atoms with van der Waals surface area (Å²) in [6.07, 6.45) is 2.89. The molecule has 0 bridgehead atoms. The second kappa shape index (κ2) is 12.3. The van der Waals surface area contributed by atoms with E-state index in [1.54, 1.807) is 24.4 Å². The number of hydrogen-bond acceptors (Lipinski definition) is 8. The fourth-order valence-electron chi connectivity index (χ4n) is 6.66. The van der Waals surface area contributed by atoms with Gasteiger partial charge in [-0.25, -0.2) is 0 Å². The van der Waals surface area contributed by atoms with Crippen LogP contribution in [0.25, 0.3) is 10.1 Å². The standard InChI is InChI=1S/C31H31F2N6O7PS/c1-18(40)37-11-9-21-6-7-23(29(43)38-16-30(15-34,17-38)26-4-2-3-10-35-26)39(21)28(42)22(14-37)36-27(41)25-13-19-12-20(5-8-24(19)48-25)31(32,33)47(44,45)46/h2-5,8,10,12-13,21-23H,6-7,9,11,14,16-17H2,1H3,(H,36,41)(H2,44,45,46)/t21-,22?,23+/m1/s1. The summed E-state index contributed by atoms with van der Waals surface area (Å²) in [6.45, 7) is 1.72.